The Kier molecular flexibility index (Phi) is 9.21. The molecule has 7 heteroatoms. The number of sulfone groups is 1. The Bertz CT molecular complexity index is 504. The predicted molar refractivity (Wildman–Crippen MR) is 107 cm³/mol. The predicted octanol–water partition coefficient (Wildman–Crippen LogP) is 2.02. The van der Waals surface area contributed by atoms with Crippen LogP contribution in [0.5, 0.6) is 0 Å². The van der Waals surface area contributed by atoms with Crippen LogP contribution in [0.4, 0.5) is 0 Å². The quantitative estimate of drug-likeness (QED) is 0.502. The standard InChI is InChI=1S/C18H38N4O2S/c1-6-8-12-22-13-9-16(10-14-22)21-17(19-7-2)20-11-15-25(23,24)18(3,4)5/h16H,6-15H2,1-5H3,(H2,19,20,21). The highest BCUT2D eigenvalue weighted by Gasteiger charge is 2.28. The van der Waals surface area contributed by atoms with Gasteiger partial charge < -0.3 is 15.5 Å². The van der Waals surface area contributed by atoms with Gasteiger partial charge in [-0.1, -0.05) is 13.3 Å². The zero-order valence-electron chi connectivity index (χ0n) is 16.8. The number of unbranched alkanes of at least 4 members (excludes halogenated alkanes) is 1. The summed E-state index contributed by atoms with van der Waals surface area (Å²) in [5.41, 5.74) is 0. The second kappa shape index (κ2) is 10.4. The molecule has 0 saturated carbocycles. The Balaban J connectivity index is 2.49. The second-order valence-corrected chi connectivity index (χ2v) is 10.7. The number of piperidine rings is 1. The molecule has 1 aliphatic heterocycles. The Morgan fingerprint density at radius 2 is 1.84 bits per heavy atom. The molecule has 0 aromatic carbocycles. The lowest BCUT2D eigenvalue weighted by Gasteiger charge is -2.33. The molecule has 0 aromatic heterocycles. The van der Waals surface area contributed by atoms with E-state index in [0.29, 0.717) is 12.6 Å². The molecule has 0 atom stereocenters. The minimum atomic E-state index is -3.13. The zero-order valence-corrected chi connectivity index (χ0v) is 17.6. The van der Waals surface area contributed by atoms with Crippen molar-refractivity contribution in [3.63, 3.8) is 0 Å². The maximum atomic E-state index is 12.2. The number of nitrogens with one attached hydrogen (secondary N) is 2. The van der Waals surface area contributed by atoms with E-state index in [9.17, 15) is 8.42 Å². The van der Waals surface area contributed by atoms with Crippen LogP contribution in [0.3, 0.4) is 0 Å². The first kappa shape index (κ1) is 22.2. The molecule has 1 heterocycles. The van der Waals surface area contributed by atoms with Crippen molar-refractivity contribution in [1.82, 2.24) is 15.5 Å². The van der Waals surface area contributed by atoms with Gasteiger partial charge in [0.05, 0.1) is 17.0 Å². The fourth-order valence-corrected chi connectivity index (χ4v) is 3.72. The molecule has 0 aromatic rings. The highest BCUT2D eigenvalue weighted by atomic mass is 32.2. The van der Waals surface area contributed by atoms with E-state index in [-0.39, 0.29) is 5.75 Å². The number of hydrogen-bond donors (Lipinski definition) is 2. The molecular weight excluding hydrogens is 336 g/mol. The van der Waals surface area contributed by atoms with Crippen molar-refractivity contribution in [2.75, 3.05) is 38.5 Å². The minimum absolute atomic E-state index is 0.0858. The summed E-state index contributed by atoms with van der Waals surface area (Å²) in [6.45, 7) is 14.0. The minimum Gasteiger partial charge on any atom is -0.357 e. The van der Waals surface area contributed by atoms with E-state index in [1.807, 2.05) is 6.92 Å². The first-order valence-electron chi connectivity index (χ1n) is 9.69. The molecule has 1 aliphatic rings. The van der Waals surface area contributed by atoms with E-state index < -0.39 is 14.6 Å². The van der Waals surface area contributed by atoms with Gasteiger partial charge in [0.2, 0.25) is 0 Å². The van der Waals surface area contributed by atoms with Gasteiger partial charge in [-0.25, -0.2) is 8.42 Å². The highest BCUT2D eigenvalue weighted by molar-refractivity contribution is 7.92. The van der Waals surface area contributed by atoms with Crippen molar-refractivity contribution in [1.29, 1.82) is 0 Å². The maximum absolute atomic E-state index is 12.2. The molecule has 148 valence electrons. The van der Waals surface area contributed by atoms with Crippen LogP contribution in [-0.2, 0) is 9.84 Å². The molecule has 1 rings (SSSR count). The molecule has 1 fully saturated rings. The third-order valence-corrected chi connectivity index (χ3v) is 7.25. The molecule has 0 bridgehead atoms. The summed E-state index contributed by atoms with van der Waals surface area (Å²) < 4.78 is 23.7. The Morgan fingerprint density at radius 3 is 2.36 bits per heavy atom. The lowest BCUT2D eigenvalue weighted by molar-refractivity contribution is 0.203. The van der Waals surface area contributed by atoms with Crippen molar-refractivity contribution in [2.24, 2.45) is 4.99 Å². The van der Waals surface area contributed by atoms with E-state index in [1.54, 1.807) is 20.8 Å². The van der Waals surface area contributed by atoms with Crippen LogP contribution >= 0.6 is 0 Å². The molecule has 0 aliphatic carbocycles. The van der Waals surface area contributed by atoms with Crippen molar-refractivity contribution < 1.29 is 8.42 Å². The van der Waals surface area contributed by atoms with Gasteiger partial charge in [-0.05, 0) is 53.5 Å². The van der Waals surface area contributed by atoms with Gasteiger partial charge in [0.1, 0.15) is 0 Å². The van der Waals surface area contributed by atoms with Crippen LogP contribution in [0, 0.1) is 0 Å². The van der Waals surface area contributed by atoms with E-state index in [0.717, 1.165) is 38.4 Å². The monoisotopic (exact) mass is 374 g/mol. The van der Waals surface area contributed by atoms with Crippen LogP contribution in [0.25, 0.3) is 0 Å². The summed E-state index contributed by atoms with van der Waals surface area (Å²) in [7, 11) is -3.13. The smallest absolute Gasteiger partial charge is 0.191 e. The summed E-state index contributed by atoms with van der Waals surface area (Å²) in [5.74, 6) is 0.821. The van der Waals surface area contributed by atoms with Crippen molar-refractivity contribution in [2.45, 2.75) is 71.1 Å². The number of nitrogens with zero attached hydrogens (tertiary/aromatic N) is 2. The second-order valence-electron chi connectivity index (χ2n) is 7.81. The van der Waals surface area contributed by atoms with Crippen molar-refractivity contribution in [3.05, 3.63) is 0 Å². The van der Waals surface area contributed by atoms with Crippen LogP contribution < -0.4 is 10.6 Å². The molecule has 1 saturated heterocycles. The molecule has 6 nitrogen and oxygen atoms in total. The summed E-state index contributed by atoms with van der Waals surface area (Å²) >= 11 is 0. The Morgan fingerprint density at radius 1 is 1.20 bits per heavy atom. The average molecular weight is 375 g/mol. The Hall–Kier alpha value is -0.820. The van der Waals surface area contributed by atoms with Crippen LogP contribution in [0.2, 0.25) is 0 Å². The number of rotatable bonds is 8. The zero-order chi connectivity index (χ0) is 18.9. The summed E-state index contributed by atoms with van der Waals surface area (Å²) in [5, 5.41) is 6.71. The maximum Gasteiger partial charge on any atom is 0.191 e. The topological polar surface area (TPSA) is 73.8 Å². The fraction of sp³-hybridized carbons (Fsp3) is 0.944. The van der Waals surface area contributed by atoms with Gasteiger partial charge >= 0.3 is 0 Å². The average Bonchev–Trinajstić information content (AvgIpc) is 2.53. The Labute approximate surface area is 154 Å². The number of guanidine groups is 1. The summed E-state index contributed by atoms with van der Waals surface area (Å²) in [4.78, 5) is 7.01. The first-order chi connectivity index (χ1) is 11.7. The molecule has 25 heavy (non-hydrogen) atoms. The lowest BCUT2D eigenvalue weighted by atomic mass is 10.0. The number of aliphatic imine (C=N–C) groups is 1. The normalized spacial score (nSPS) is 18.4. The summed E-state index contributed by atoms with van der Waals surface area (Å²) in [6, 6.07) is 0.412. The third kappa shape index (κ3) is 7.94. The first-order valence-corrected chi connectivity index (χ1v) is 11.3. The van der Waals surface area contributed by atoms with Crippen LogP contribution in [-0.4, -0.2) is 68.5 Å². The molecule has 0 amide bonds. The van der Waals surface area contributed by atoms with Gasteiger partial charge in [0, 0.05) is 25.7 Å². The lowest BCUT2D eigenvalue weighted by Crippen LogP contribution is -2.49. The SMILES string of the molecule is CCCCN1CCC(NC(=NCCS(=O)(=O)C(C)(C)C)NCC)CC1. The van der Waals surface area contributed by atoms with Crippen molar-refractivity contribution >= 4 is 15.8 Å². The van der Waals surface area contributed by atoms with E-state index >= 15 is 0 Å². The van der Waals surface area contributed by atoms with Gasteiger partial charge in [-0.15, -0.1) is 0 Å². The van der Waals surface area contributed by atoms with Gasteiger partial charge in [-0.2, -0.15) is 0 Å². The molecule has 0 unspecified atom stereocenters. The molecule has 2 N–H and O–H groups in total. The van der Waals surface area contributed by atoms with E-state index in [2.05, 4.69) is 27.4 Å². The van der Waals surface area contributed by atoms with Crippen molar-refractivity contribution in [3.8, 4) is 0 Å². The largest absolute Gasteiger partial charge is 0.357 e. The van der Waals surface area contributed by atoms with E-state index in [4.69, 9.17) is 0 Å². The third-order valence-electron chi connectivity index (χ3n) is 4.66. The number of hydrogen-bond acceptors (Lipinski definition) is 4. The van der Waals surface area contributed by atoms with Gasteiger partial charge in [0.15, 0.2) is 15.8 Å². The summed E-state index contributed by atoms with van der Waals surface area (Å²) in [6.07, 6.45) is 4.72. The molecular formula is C18H38N4O2S. The fourth-order valence-electron chi connectivity index (χ4n) is 2.78. The molecule has 0 spiro atoms. The number of likely N-dealkylation sites (tertiary alicyclic amines) is 1. The van der Waals surface area contributed by atoms with Gasteiger partial charge in [0.25, 0.3) is 0 Å². The van der Waals surface area contributed by atoms with Crippen LogP contribution in [0.15, 0.2) is 4.99 Å². The van der Waals surface area contributed by atoms with Crippen LogP contribution in [0.1, 0.15) is 60.3 Å². The molecule has 0 radical (unpaired) electrons. The van der Waals surface area contributed by atoms with Gasteiger partial charge in [-0.3, -0.25) is 4.99 Å². The van der Waals surface area contributed by atoms with E-state index in [1.165, 1.54) is 19.4 Å². The highest BCUT2D eigenvalue weighted by Crippen LogP contribution is 2.15.